The van der Waals surface area contributed by atoms with Crippen molar-refractivity contribution >= 4 is 21.0 Å². The molecule has 0 unspecified atom stereocenters. The van der Waals surface area contributed by atoms with Crippen LogP contribution in [0.4, 0.5) is 39.5 Å². The van der Waals surface area contributed by atoms with Gasteiger partial charge in [0.15, 0.2) is 10.1 Å². The molecule has 3 aliphatic carbocycles. The van der Waals surface area contributed by atoms with Crippen LogP contribution in [0.25, 0.3) is 0 Å². The van der Waals surface area contributed by atoms with E-state index in [4.69, 9.17) is 0 Å². The summed E-state index contributed by atoms with van der Waals surface area (Å²) in [5.41, 5.74) is 0. The second-order valence-corrected chi connectivity index (χ2v) is 15.1. The number of rotatable bonds is 6. The molecule has 0 amide bonds. The fourth-order valence-electron chi connectivity index (χ4n) is 5.88. The SMILES string of the molecule is C1CCCC([S+](C2CCCCCC2)C2CCCCCC2)CC1.O=S(=O)([O-])C(F)(F)C(F)(F)C(F)(F)C(F)(F)F. The quantitative estimate of drug-likeness (QED) is 0.129. The zero-order valence-corrected chi connectivity index (χ0v) is 23.5. The molecule has 0 heterocycles. The maximum atomic E-state index is 12.2. The fourth-order valence-corrected chi connectivity index (χ4v) is 10.6. The zero-order valence-electron chi connectivity index (χ0n) is 21.9. The third kappa shape index (κ3) is 8.58. The molecule has 0 atom stereocenters. The standard InChI is InChI=1S/C21H39S.C4HF9O3S/c1-2-8-14-19(13-7-1)22(20-15-9-3-4-10-16-20)21-17-11-5-6-12-18-21;5-1(6,3(9,10)11)2(7,8)4(12,13)17(14,15)16/h19-21H,1-18H2;(H,14,15,16)/q+1;/p-1. The first-order valence-corrected chi connectivity index (χ1v) is 16.6. The lowest BCUT2D eigenvalue weighted by Crippen LogP contribution is -2.63. The van der Waals surface area contributed by atoms with Crippen molar-refractivity contribution in [3.05, 3.63) is 0 Å². The van der Waals surface area contributed by atoms with Gasteiger partial charge in [0, 0.05) is 0 Å². The summed E-state index contributed by atoms with van der Waals surface area (Å²) in [4.78, 5) is 0. The van der Waals surface area contributed by atoms with Crippen molar-refractivity contribution in [2.45, 2.75) is 155 Å². The smallest absolute Gasteiger partial charge is 0.460 e. The van der Waals surface area contributed by atoms with E-state index >= 15 is 0 Å². The molecule has 39 heavy (non-hydrogen) atoms. The first kappa shape index (κ1) is 34.8. The summed E-state index contributed by atoms with van der Waals surface area (Å²) in [6.45, 7) is 0. The van der Waals surface area contributed by atoms with Gasteiger partial charge in [0.05, 0.1) is 0 Å². The van der Waals surface area contributed by atoms with E-state index in [0.29, 0.717) is 0 Å². The van der Waals surface area contributed by atoms with Gasteiger partial charge in [0.1, 0.15) is 15.7 Å². The summed E-state index contributed by atoms with van der Waals surface area (Å²) in [5.74, 6) is -14.8. The third-order valence-electron chi connectivity index (χ3n) is 7.99. The Morgan fingerprint density at radius 2 is 0.744 bits per heavy atom. The molecular weight excluding hydrogens is 583 g/mol. The molecule has 0 radical (unpaired) electrons. The second-order valence-electron chi connectivity index (χ2n) is 10.9. The molecule has 0 aromatic heterocycles. The van der Waals surface area contributed by atoms with Gasteiger partial charge >= 0.3 is 23.3 Å². The minimum absolute atomic E-state index is 0.783. The summed E-state index contributed by atoms with van der Waals surface area (Å²) in [6.07, 6.45) is 20.9. The van der Waals surface area contributed by atoms with Crippen molar-refractivity contribution in [3.63, 3.8) is 0 Å². The van der Waals surface area contributed by atoms with Crippen LogP contribution >= 0.6 is 0 Å². The van der Waals surface area contributed by atoms with Gasteiger partial charge in [-0.05, 0) is 87.9 Å². The van der Waals surface area contributed by atoms with Crippen LogP contribution in [0.2, 0.25) is 0 Å². The highest BCUT2D eigenvalue weighted by Gasteiger charge is 2.83. The normalized spacial score (nSPS) is 22.9. The average Bonchev–Trinajstić information content (AvgIpc) is 3.35. The molecule has 0 aromatic rings. The van der Waals surface area contributed by atoms with E-state index in [9.17, 15) is 52.5 Å². The monoisotopic (exact) mass is 622 g/mol. The zero-order chi connectivity index (χ0) is 29.5. The molecule has 0 N–H and O–H groups in total. The minimum atomic E-state index is -7.43. The van der Waals surface area contributed by atoms with Gasteiger partial charge in [-0.3, -0.25) is 0 Å². The largest absolute Gasteiger partial charge is 0.743 e. The Labute approximate surface area is 228 Å². The Morgan fingerprint density at radius 1 is 0.487 bits per heavy atom. The highest BCUT2D eigenvalue weighted by molar-refractivity contribution is 7.98. The molecule has 14 heteroatoms. The Morgan fingerprint density at radius 3 is 0.949 bits per heavy atom. The van der Waals surface area contributed by atoms with Crippen LogP contribution in [0.3, 0.4) is 0 Å². The lowest BCUT2D eigenvalue weighted by Gasteiger charge is -2.34. The minimum Gasteiger partial charge on any atom is -0.743 e. The molecule has 0 spiro atoms. The molecular formula is C25H39F9O3S2. The average molecular weight is 623 g/mol. The maximum Gasteiger partial charge on any atom is 0.460 e. The predicted molar refractivity (Wildman–Crippen MR) is 132 cm³/mol. The molecule has 0 aliphatic heterocycles. The first-order chi connectivity index (χ1) is 17.9. The lowest BCUT2D eigenvalue weighted by molar-refractivity contribution is -0.382. The Kier molecular flexibility index (Phi) is 12.7. The highest BCUT2D eigenvalue weighted by Crippen LogP contribution is 2.54. The van der Waals surface area contributed by atoms with Gasteiger partial charge in [-0.1, -0.05) is 38.5 Å². The van der Waals surface area contributed by atoms with E-state index in [-0.39, 0.29) is 0 Å². The molecule has 3 nitrogen and oxygen atoms in total. The molecule has 0 aromatic carbocycles. The highest BCUT2D eigenvalue weighted by atomic mass is 32.2. The molecule has 0 saturated heterocycles. The van der Waals surface area contributed by atoms with E-state index in [0.717, 1.165) is 26.6 Å². The Balaban J connectivity index is 0.000000285. The lowest BCUT2D eigenvalue weighted by atomic mass is 10.1. The van der Waals surface area contributed by atoms with Crippen LogP contribution in [0, 0.1) is 0 Å². The summed E-state index contributed by atoms with van der Waals surface area (Å²) in [6, 6.07) is 0. The van der Waals surface area contributed by atoms with E-state index < -0.39 is 33.4 Å². The molecule has 3 rings (SSSR count). The fraction of sp³-hybridized carbons (Fsp3) is 1.00. The Bertz CT molecular complexity index is 779. The topological polar surface area (TPSA) is 57.2 Å². The maximum absolute atomic E-state index is 12.2. The van der Waals surface area contributed by atoms with Crippen molar-refractivity contribution < 1.29 is 52.5 Å². The van der Waals surface area contributed by atoms with Crippen molar-refractivity contribution in [1.29, 1.82) is 0 Å². The van der Waals surface area contributed by atoms with Crippen molar-refractivity contribution in [1.82, 2.24) is 0 Å². The van der Waals surface area contributed by atoms with Crippen molar-refractivity contribution in [3.8, 4) is 0 Å². The Hall–Kier alpha value is -0.370. The van der Waals surface area contributed by atoms with Crippen LogP contribution in [0.1, 0.15) is 116 Å². The van der Waals surface area contributed by atoms with Gasteiger partial charge in [-0.2, -0.15) is 39.5 Å². The third-order valence-corrected chi connectivity index (χ3v) is 12.6. The number of hydrogen-bond donors (Lipinski definition) is 0. The van der Waals surface area contributed by atoms with Gasteiger partial charge in [-0.25, -0.2) is 8.42 Å². The molecule has 3 aliphatic rings. The van der Waals surface area contributed by atoms with Crippen LogP contribution in [-0.2, 0) is 21.0 Å². The van der Waals surface area contributed by atoms with E-state index in [1.54, 1.807) is 77.0 Å². The van der Waals surface area contributed by atoms with Crippen molar-refractivity contribution in [2.75, 3.05) is 0 Å². The molecule has 0 bridgehead atoms. The van der Waals surface area contributed by atoms with Gasteiger partial charge in [0.25, 0.3) is 0 Å². The molecule has 232 valence electrons. The molecule has 3 saturated carbocycles. The van der Waals surface area contributed by atoms with Crippen molar-refractivity contribution in [2.24, 2.45) is 0 Å². The summed E-state index contributed by atoms with van der Waals surface area (Å²) < 4.78 is 135. The molecule has 3 fully saturated rings. The van der Waals surface area contributed by atoms with Gasteiger partial charge in [-0.15, -0.1) is 0 Å². The van der Waals surface area contributed by atoms with Crippen LogP contribution in [0.5, 0.6) is 0 Å². The van der Waals surface area contributed by atoms with E-state index in [2.05, 4.69) is 0 Å². The number of hydrogen-bond acceptors (Lipinski definition) is 3. The first-order valence-electron chi connectivity index (χ1n) is 13.8. The summed E-state index contributed by atoms with van der Waals surface area (Å²) >= 11 is 0. The summed E-state index contributed by atoms with van der Waals surface area (Å²) in [5, 5.41) is -3.71. The van der Waals surface area contributed by atoms with Crippen LogP contribution < -0.4 is 0 Å². The number of halogens is 9. The summed E-state index contributed by atoms with van der Waals surface area (Å²) in [7, 11) is -6.63. The van der Waals surface area contributed by atoms with Gasteiger partial charge < -0.3 is 4.55 Å². The van der Waals surface area contributed by atoms with E-state index in [1.165, 1.54) is 38.5 Å². The van der Waals surface area contributed by atoms with Gasteiger partial charge in [0.2, 0.25) is 0 Å². The predicted octanol–water partition coefficient (Wildman–Crippen LogP) is 8.73. The van der Waals surface area contributed by atoms with E-state index in [1.807, 2.05) is 0 Å². The van der Waals surface area contributed by atoms with Crippen LogP contribution in [-0.4, -0.2) is 52.0 Å². The van der Waals surface area contributed by atoms with Crippen LogP contribution in [0.15, 0.2) is 0 Å². The number of alkyl halides is 9. The second kappa shape index (κ2) is 14.2.